The molecule has 0 bridgehead atoms. The second-order valence-corrected chi connectivity index (χ2v) is 9.33. The highest BCUT2D eigenvalue weighted by Gasteiger charge is 2.17. The zero-order chi connectivity index (χ0) is 22.6. The smallest absolute Gasteiger partial charge is 0.262 e. The van der Waals surface area contributed by atoms with Crippen LogP contribution in [0.5, 0.6) is 5.75 Å². The second kappa shape index (κ2) is 9.60. The van der Waals surface area contributed by atoms with Crippen molar-refractivity contribution in [2.75, 3.05) is 16.6 Å². The first-order chi connectivity index (χ1) is 14.7. The van der Waals surface area contributed by atoms with E-state index in [9.17, 15) is 13.2 Å². The van der Waals surface area contributed by atoms with Crippen molar-refractivity contribution in [3.63, 3.8) is 0 Å². The molecule has 2 N–H and O–H groups in total. The lowest BCUT2D eigenvalue weighted by molar-refractivity contribution is -0.118. The number of ether oxygens (including phenoxy) is 1. The van der Waals surface area contributed by atoms with E-state index < -0.39 is 10.0 Å². The number of benzene rings is 3. The van der Waals surface area contributed by atoms with Crippen molar-refractivity contribution in [2.45, 2.75) is 18.7 Å². The molecule has 0 saturated carbocycles. The number of nitrogens with one attached hydrogen (secondary N) is 2. The summed E-state index contributed by atoms with van der Waals surface area (Å²) in [6.07, 6.45) is 0. The second-order valence-electron chi connectivity index (χ2n) is 6.81. The van der Waals surface area contributed by atoms with Crippen molar-refractivity contribution in [1.82, 2.24) is 0 Å². The van der Waals surface area contributed by atoms with Gasteiger partial charge in [0.1, 0.15) is 5.75 Å². The van der Waals surface area contributed by atoms with Gasteiger partial charge in [-0.05, 0) is 67.4 Å². The molecular weight excluding hydrogens is 459 g/mol. The van der Waals surface area contributed by atoms with Gasteiger partial charge in [0.25, 0.3) is 15.9 Å². The minimum atomic E-state index is -3.86. The maximum absolute atomic E-state index is 12.6. The standard InChI is InChI=1S/C22H20Cl2N2O4S/c1-14-4-3-5-15(2)22(14)25-21(27)13-30-20-11-10-18(12-19(20)24)31(28,29)26-17-8-6-16(23)7-9-17/h3-12,26H,13H2,1-2H3,(H,25,27). The number of aryl methyl sites for hydroxylation is 2. The first-order valence-electron chi connectivity index (χ1n) is 9.22. The Balaban J connectivity index is 1.66. The molecule has 3 aromatic rings. The Morgan fingerprint density at radius 2 is 1.61 bits per heavy atom. The number of para-hydroxylation sites is 1. The van der Waals surface area contributed by atoms with Crippen molar-refractivity contribution in [3.8, 4) is 5.75 Å². The fourth-order valence-electron chi connectivity index (χ4n) is 2.83. The van der Waals surface area contributed by atoms with Crippen LogP contribution < -0.4 is 14.8 Å². The summed E-state index contributed by atoms with van der Waals surface area (Å²) in [5.41, 5.74) is 2.98. The van der Waals surface area contributed by atoms with E-state index in [1.165, 1.54) is 18.2 Å². The average Bonchev–Trinajstić information content (AvgIpc) is 2.71. The third-order valence-corrected chi connectivity index (χ3v) is 6.34. The molecule has 0 saturated heterocycles. The minimum Gasteiger partial charge on any atom is -0.482 e. The number of anilines is 2. The molecule has 0 aliphatic rings. The predicted octanol–water partition coefficient (Wildman–Crippen LogP) is 5.43. The van der Waals surface area contributed by atoms with Gasteiger partial charge >= 0.3 is 0 Å². The highest BCUT2D eigenvalue weighted by Crippen LogP contribution is 2.29. The lowest BCUT2D eigenvalue weighted by Crippen LogP contribution is -2.21. The summed E-state index contributed by atoms with van der Waals surface area (Å²) in [6, 6.07) is 16.0. The van der Waals surface area contributed by atoms with Crippen LogP contribution in [0.25, 0.3) is 0 Å². The number of rotatable bonds is 7. The largest absolute Gasteiger partial charge is 0.482 e. The van der Waals surface area contributed by atoms with E-state index in [1.807, 2.05) is 32.0 Å². The number of halogens is 2. The molecule has 0 aliphatic heterocycles. The van der Waals surface area contributed by atoms with Gasteiger partial charge in [0.2, 0.25) is 0 Å². The van der Waals surface area contributed by atoms with Crippen LogP contribution in [-0.4, -0.2) is 20.9 Å². The molecule has 0 spiro atoms. The average molecular weight is 479 g/mol. The van der Waals surface area contributed by atoms with Crippen molar-refractivity contribution < 1.29 is 17.9 Å². The molecule has 0 fully saturated rings. The van der Waals surface area contributed by atoms with Crippen molar-refractivity contribution >= 4 is 50.5 Å². The van der Waals surface area contributed by atoms with Crippen LogP contribution in [0, 0.1) is 13.8 Å². The van der Waals surface area contributed by atoms with Crippen LogP contribution >= 0.6 is 23.2 Å². The number of carbonyl (C=O) groups excluding carboxylic acids is 1. The quantitative estimate of drug-likeness (QED) is 0.474. The number of hydrogen-bond acceptors (Lipinski definition) is 4. The third-order valence-electron chi connectivity index (χ3n) is 4.41. The molecule has 1 amide bonds. The highest BCUT2D eigenvalue weighted by atomic mass is 35.5. The summed E-state index contributed by atoms with van der Waals surface area (Å²) in [7, 11) is -3.86. The normalized spacial score (nSPS) is 11.1. The Bertz CT molecular complexity index is 1190. The fraction of sp³-hybridized carbons (Fsp3) is 0.136. The maximum atomic E-state index is 12.6. The predicted molar refractivity (Wildman–Crippen MR) is 124 cm³/mol. The molecule has 0 unspecified atom stereocenters. The highest BCUT2D eigenvalue weighted by molar-refractivity contribution is 7.92. The first kappa shape index (κ1) is 22.9. The molecular formula is C22H20Cl2N2O4S. The molecule has 0 heterocycles. The lowest BCUT2D eigenvalue weighted by atomic mass is 10.1. The summed E-state index contributed by atoms with van der Waals surface area (Å²) in [6.45, 7) is 3.53. The monoisotopic (exact) mass is 478 g/mol. The molecule has 0 radical (unpaired) electrons. The number of amides is 1. The Kier molecular flexibility index (Phi) is 7.10. The number of carbonyl (C=O) groups is 1. The summed E-state index contributed by atoms with van der Waals surface area (Å²) in [5, 5.41) is 3.38. The summed E-state index contributed by atoms with van der Waals surface area (Å²) < 4.78 is 33.1. The van der Waals surface area contributed by atoms with E-state index in [4.69, 9.17) is 27.9 Å². The Morgan fingerprint density at radius 3 is 2.23 bits per heavy atom. The van der Waals surface area contributed by atoms with Crippen LogP contribution in [0.1, 0.15) is 11.1 Å². The minimum absolute atomic E-state index is 0.0419. The summed E-state index contributed by atoms with van der Waals surface area (Å²) in [5.74, 6) is -0.154. The van der Waals surface area contributed by atoms with Gasteiger partial charge in [-0.15, -0.1) is 0 Å². The topological polar surface area (TPSA) is 84.5 Å². The van der Waals surface area contributed by atoms with Gasteiger partial charge in [-0.25, -0.2) is 8.42 Å². The van der Waals surface area contributed by atoms with Gasteiger partial charge in [0.05, 0.1) is 9.92 Å². The van der Waals surface area contributed by atoms with Gasteiger partial charge in [-0.2, -0.15) is 0 Å². The van der Waals surface area contributed by atoms with Gasteiger partial charge in [-0.3, -0.25) is 9.52 Å². The van der Waals surface area contributed by atoms with E-state index in [0.29, 0.717) is 10.7 Å². The molecule has 0 aliphatic carbocycles. The Morgan fingerprint density at radius 1 is 0.968 bits per heavy atom. The molecule has 31 heavy (non-hydrogen) atoms. The maximum Gasteiger partial charge on any atom is 0.262 e. The SMILES string of the molecule is Cc1cccc(C)c1NC(=O)COc1ccc(S(=O)(=O)Nc2ccc(Cl)cc2)cc1Cl. The van der Waals surface area contributed by atoms with E-state index in [0.717, 1.165) is 16.8 Å². The first-order valence-corrected chi connectivity index (χ1v) is 11.5. The number of sulfonamides is 1. The zero-order valence-electron chi connectivity index (χ0n) is 16.8. The lowest BCUT2D eigenvalue weighted by Gasteiger charge is -2.13. The van der Waals surface area contributed by atoms with E-state index in [2.05, 4.69) is 10.0 Å². The van der Waals surface area contributed by atoms with Crippen molar-refractivity contribution in [2.24, 2.45) is 0 Å². The van der Waals surface area contributed by atoms with E-state index in [1.54, 1.807) is 24.3 Å². The summed E-state index contributed by atoms with van der Waals surface area (Å²) >= 11 is 12.0. The molecule has 3 rings (SSSR count). The van der Waals surface area contributed by atoms with Crippen LogP contribution in [0.3, 0.4) is 0 Å². The van der Waals surface area contributed by atoms with E-state index in [-0.39, 0.29) is 28.2 Å². The van der Waals surface area contributed by atoms with E-state index >= 15 is 0 Å². The van der Waals surface area contributed by atoms with Crippen LogP contribution in [0.2, 0.25) is 10.0 Å². The summed E-state index contributed by atoms with van der Waals surface area (Å²) in [4.78, 5) is 12.2. The van der Waals surface area contributed by atoms with Gasteiger partial charge < -0.3 is 10.1 Å². The van der Waals surface area contributed by atoms with Crippen molar-refractivity contribution in [1.29, 1.82) is 0 Å². The van der Waals surface area contributed by atoms with Gasteiger partial charge in [0, 0.05) is 16.4 Å². The number of hydrogen-bond donors (Lipinski definition) is 2. The van der Waals surface area contributed by atoms with Gasteiger partial charge in [0.15, 0.2) is 6.61 Å². The molecule has 9 heteroatoms. The van der Waals surface area contributed by atoms with Crippen molar-refractivity contribution in [3.05, 3.63) is 81.8 Å². The van der Waals surface area contributed by atoms with Crippen LogP contribution in [-0.2, 0) is 14.8 Å². The zero-order valence-corrected chi connectivity index (χ0v) is 19.1. The Hall–Kier alpha value is -2.74. The molecule has 3 aromatic carbocycles. The molecule has 0 atom stereocenters. The molecule has 0 aromatic heterocycles. The van der Waals surface area contributed by atoms with Crippen LogP contribution in [0.15, 0.2) is 65.6 Å². The fourth-order valence-corrected chi connectivity index (χ4v) is 4.34. The van der Waals surface area contributed by atoms with Gasteiger partial charge in [-0.1, -0.05) is 41.4 Å². The Labute approximate surface area is 191 Å². The molecule has 162 valence electrons. The molecule has 6 nitrogen and oxygen atoms in total. The van der Waals surface area contributed by atoms with Crippen LogP contribution in [0.4, 0.5) is 11.4 Å². The third kappa shape index (κ3) is 5.91.